The topological polar surface area (TPSA) is 67.5 Å². The Bertz CT molecular complexity index is 371. The number of nitrogens with zero attached hydrogens (tertiary/aromatic N) is 4. The molecule has 6 heteroatoms. The molecule has 0 bridgehead atoms. The summed E-state index contributed by atoms with van der Waals surface area (Å²) in [4.78, 5) is 12.8. The Balaban J connectivity index is 2.22. The van der Waals surface area contributed by atoms with Crippen molar-refractivity contribution in [2.45, 2.75) is 6.04 Å². The average molecular weight is 237 g/mol. The Labute approximate surface area is 101 Å². The van der Waals surface area contributed by atoms with E-state index in [1.165, 1.54) is 0 Å². The molecular formula is C11H19N5O. The molecule has 1 atom stereocenters. The Morgan fingerprint density at radius 2 is 2.41 bits per heavy atom. The molecule has 0 saturated carbocycles. The van der Waals surface area contributed by atoms with Gasteiger partial charge in [-0.3, -0.25) is 0 Å². The first kappa shape index (κ1) is 12.1. The molecule has 2 rings (SSSR count). The van der Waals surface area contributed by atoms with Crippen LogP contribution in [-0.4, -0.2) is 56.4 Å². The molecule has 1 aromatic rings. The maximum atomic E-state index is 5.75. The van der Waals surface area contributed by atoms with Crippen LogP contribution in [0.15, 0.2) is 12.3 Å². The minimum absolute atomic E-state index is 0.202. The van der Waals surface area contributed by atoms with Crippen LogP contribution in [0, 0.1) is 0 Å². The first-order chi connectivity index (χ1) is 8.22. The number of hydrogen-bond donors (Lipinski definition) is 1. The van der Waals surface area contributed by atoms with Gasteiger partial charge in [0.25, 0.3) is 0 Å². The van der Waals surface area contributed by atoms with Crippen LogP contribution < -0.4 is 15.5 Å². The molecule has 1 aliphatic rings. The van der Waals surface area contributed by atoms with Gasteiger partial charge in [0, 0.05) is 33.4 Å². The van der Waals surface area contributed by atoms with Gasteiger partial charge in [0.05, 0.1) is 19.3 Å². The predicted octanol–water partition coefficient (Wildman–Crippen LogP) is -0.293. The Morgan fingerprint density at radius 1 is 1.59 bits per heavy atom. The summed E-state index contributed by atoms with van der Waals surface area (Å²) in [6.45, 7) is 2.78. The van der Waals surface area contributed by atoms with E-state index in [-0.39, 0.29) is 6.04 Å². The van der Waals surface area contributed by atoms with Crippen molar-refractivity contribution in [3.63, 3.8) is 0 Å². The number of hydrogen-bond acceptors (Lipinski definition) is 6. The van der Waals surface area contributed by atoms with Crippen molar-refractivity contribution >= 4 is 11.8 Å². The van der Waals surface area contributed by atoms with Crippen LogP contribution >= 0.6 is 0 Å². The quantitative estimate of drug-likeness (QED) is 0.779. The van der Waals surface area contributed by atoms with E-state index in [1.807, 2.05) is 25.1 Å². The van der Waals surface area contributed by atoms with Gasteiger partial charge >= 0.3 is 0 Å². The van der Waals surface area contributed by atoms with E-state index in [9.17, 15) is 0 Å². The summed E-state index contributed by atoms with van der Waals surface area (Å²) in [5.41, 5.74) is 5.75. The van der Waals surface area contributed by atoms with Crippen molar-refractivity contribution in [1.82, 2.24) is 9.97 Å². The number of rotatable bonds is 3. The van der Waals surface area contributed by atoms with Crippen molar-refractivity contribution in [3.05, 3.63) is 12.3 Å². The van der Waals surface area contributed by atoms with Gasteiger partial charge in [0.15, 0.2) is 0 Å². The lowest BCUT2D eigenvalue weighted by Gasteiger charge is -2.35. The third kappa shape index (κ3) is 2.65. The van der Waals surface area contributed by atoms with E-state index >= 15 is 0 Å². The zero-order chi connectivity index (χ0) is 12.3. The Morgan fingerprint density at radius 3 is 3.12 bits per heavy atom. The van der Waals surface area contributed by atoms with E-state index in [2.05, 4.69) is 14.9 Å². The molecule has 0 aromatic carbocycles. The second-order valence-corrected chi connectivity index (χ2v) is 4.27. The minimum Gasteiger partial charge on any atom is -0.377 e. The maximum Gasteiger partial charge on any atom is 0.226 e. The predicted molar refractivity (Wildman–Crippen MR) is 67.4 cm³/mol. The molecule has 94 valence electrons. The monoisotopic (exact) mass is 237 g/mol. The molecule has 17 heavy (non-hydrogen) atoms. The van der Waals surface area contributed by atoms with Gasteiger partial charge in [-0.15, -0.1) is 0 Å². The van der Waals surface area contributed by atoms with Crippen molar-refractivity contribution in [2.24, 2.45) is 5.73 Å². The molecule has 0 amide bonds. The van der Waals surface area contributed by atoms with Crippen LogP contribution in [-0.2, 0) is 4.74 Å². The summed E-state index contributed by atoms with van der Waals surface area (Å²) in [7, 11) is 3.86. The first-order valence-electron chi connectivity index (χ1n) is 5.77. The number of ether oxygens (including phenoxy) is 1. The second kappa shape index (κ2) is 5.29. The van der Waals surface area contributed by atoms with Crippen molar-refractivity contribution in [3.8, 4) is 0 Å². The molecule has 2 heterocycles. The molecule has 1 fully saturated rings. The van der Waals surface area contributed by atoms with Gasteiger partial charge in [0.1, 0.15) is 5.82 Å². The highest BCUT2D eigenvalue weighted by Gasteiger charge is 2.23. The van der Waals surface area contributed by atoms with Crippen LogP contribution in [0.1, 0.15) is 0 Å². The third-order valence-electron chi connectivity index (χ3n) is 2.82. The highest BCUT2D eigenvalue weighted by Crippen LogP contribution is 2.18. The van der Waals surface area contributed by atoms with Crippen LogP contribution in [0.25, 0.3) is 0 Å². The van der Waals surface area contributed by atoms with Gasteiger partial charge in [-0.05, 0) is 6.07 Å². The third-order valence-corrected chi connectivity index (χ3v) is 2.82. The second-order valence-electron chi connectivity index (χ2n) is 4.27. The van der Waals surface area contributed by atoms with Crippen molar-refractivity contribution in [1.29, 1.82) is 0 Å². The zero-order valence-corrected chi connectivity index (χ0v) is 10.3. The number of anilines is 2. The fraction of sp³-hybridized carbons (Fsp3) is 0.636. The molecule has 0 aliphatic carbocycles. The molecular weight excluding hydrogens is 218 g/mol. The summed E-state index contributed by atoms with van der Waals surface area (Å²) in [6.07, 6.45) is 1.78. The standard InChI is InChI=1S/C11H19N5O/c1-15(2)11-13-4-3-10(14-11)16-5-6-17-8-9(16)7-12/h3-4,9H,5-8,12H2,1-2H3. The largest absolute Gasteiger partial charge is 0.377 e. The molecule has 0 spiro atoms. The summed E-state index contributed by atoms with van der Waals surface area (Å²) in [5, 5.41) is 0. The van der Waals surface area contributed by atoms with Gasteiger partial charge in [-0.1, -0.05) is 0 Å². The van der Waals surface area contributed by atoms with Gasteiger partial charge < -0.3 is 20.3 Å². The molecule has 1 saturated heterocycles. The normalized spacial score (nSPS) is 20.4. The van der Waals surface area contributed by atoms with Gasteiger partial charge in [-0.25, -0.2) is 4.98 Å². The van der Waals surface area contributed by atoms with E-state index in [4.69, 9.17) is 10.5 Å². The van der Waals surface area contributed by atoms with Crippen molar-refractivity contribution in [2.75, 3.05) is 50.2 Å². The fourth-order valence-corrected chi connectivity index (χ4v) is 1.87. The lowest BCUT2D eigenvalue weighted by atomic mass is 10.2. The minimum atomic E-state index is 0.202. The van der Waals surface area contributed by atoms with E-state index in [0.717, 1.165) is 19.0 Å². The number of nitrogens with two attached hydrogens (primary N) is 1. The van der Waals surface area contributed by atoms with Crippen LogP contribution in [0.5, 0.6) is 0 Å². The molecule has 1 aliphatic heterocycles. The average Bonchev–Trinajstić information content (AvgIpc) is 2.39. The first-order valence-corrected chi connectivity index (χ1v) is 5.77. The van der Waals surface area contributed by atoms with E-state index in [1.54, 1.807) is 6.20 Å². The number of aromatic nitrogens is 2. The van der Waals surface area contributed by atoms with Crippen LogP contribution in [0.3, 0.4) is 0 Å². The Hall–Kier alpha value is -1.40. The summed E-state index contributed by atoms with van der Waals surface area (Å²) in [6, 6.07) is 2.12. The zero-order valence-electron chi connectivity index (χ0n) is 10.3. The number of morpholine rings is 1. The molecule has 6 nitrogen and oxygen atoms in total. The SMILES string of the molecule is CN(C)c1nccc(N2CCOCC2CN)n1. The smallest absolute Gasteiger partial charge is 0.226 e. The molecule has 0 radical (unpaired) electrons. The van der Waals surface area contributed by atoms with Gasteiger partial charge in [-0.2, -0.15) is 4.98 Å². The van der Waals surface area contributed by atoms with E-state index in [0.29, 0.717) is 19.1 Å². The van der Waals surface area contributed by atoms with Crippen molar-refractivity contribution < 1.29 is 4.74 Å². The Kier molecular flexibility index (Phi) is 3.75. The maximum absolute atomic E-state index is 5.75. The summed E-state index contributed by atoms with van der Waals surface area (Å²) in [5.74, 6) is 1.63. The van der Waals surface area contributed by atoms with Crippen LogP contribution in [0.4, 0.5) is 11.8 Å². The summed E-state index contributed by atoms with van der Waals surface area (Å²) < 4.78 is 5.43. The van der Waals surface area contributed by atoms with E-state index < -0.39 is 0 Å². The fourth-order valence-electron chi connectivity index (χ4n) is 1.87. The lowest BCUT2D eigenvalue weighted by Crippen LogP contribution is -2.49. The molecule has 2 N–H and O–H groups in total. The van der Waals surface area contributed by atoms with Crippen LogP contribution in [0.2, 0.25) is 0 Å². The highest BCUT2D eigenvalue weighted by atomic mass is 16.5. The lowest BCUT2D eigenvalue weighted by molar-refractivity contribution is 0.0958. The molecule has 1 aromatic heterocycles. The van der Waals surface area contributed by atoms with Gasteiger partial charge in [0.2, 0.25) is 5.95 Å². The highest BCUT2D eigenvalue weighted by molar-refractivity contribution is 5.44. The molecule has 1 unspecified atom stereocenters. The summed E-state index contributed by atoms with van der Waals surface area (Å²) >= 11 is 0.